The first kappa shape index (κ1) is 47.6. The molecule has 0 saturated heterocycles. The lowest BCUT2D eigenvalue weighted by Crippen LogP contribution is -2.40. The molecule has 1 atom stereocenters. The molecular formula is C42H46F6N10O4. The van der Waals surface area contributed by atoms with Crippen LogP contribution in [-0.4, -0.2) is 69.7 Å². The van der Waals surface area contributed by atoms with Gasteiger partial charge in [-0.1, -0.05) is 24.3 Å². The Morgan fingerprint density at radius 3 is 1.06 bits per heavy atom. The second-order valence-corrected chi connectivity index (χ2v) is 14.4. The van der Waals surface area contributed by atoms with Gasteiger partial charge >= 0.3 is 12.4 Å². The third-order valence-electron chi connectivity index (χ3n) is 9.84. The number of nitrogen functional groups attached to an aromatic ring is 2. The minimum Gasteiger partial charge on any atom is -0.506 e. The molecule has 0 fully saturated rings. The Morgan fingerprint density at radius 1 is 0.452 bits per heavy atom. The van der Waals surface area contributed by atoms with Crippen LogP contribution in [0.4, 0.5) is 55.0 Å². The van der Waals surface area contributed by atoms with Crippen molar-refractivity contribution in [2.75, 3.05) is 29.1 Å². The van der Waals surface area contributed by atoms with Gasteiger partial charge in [0.25, 0.3) is 0 Å². The van der Waals surface area contributed by atoms with Gasteiger partial charge in [-0.2, -0.15) is 36.3 Å². The van der Waals surface area contributed by atoms with E-state index >= 15 is 0 Å². The van der Waals surface area contributed by atoms with Crippen molar-refractivity contribution in [1.82, 2.24) is 29.9 Å². The first-order valence-electron chi connectivity index (χ1n) is 18.5. The molecule has 20 heteroatoms. The summed E-state index contributed by atoms with van der Waals surface area (Å²) >= 11 is 0. The number of benzene rings is 4. The van der Waals surface area contributed by atoms with Gasteiger partial charge in [0.2, 0.25) is 5.95 Å². The molecule has 0 aliphatic rings. The van der Waals surface area contributed by atoms with Crippen LogP contribution in [0.1, 0.15) is 65.2 Å². The summed E-state index contributed by atoms with van der Waals surface area (Å²) < 4.78 is 84.3. The Balaban J connectivity index is 0.000000235. The van der Waals surface area contributed by atoms with Gasteiger partial charge in [-0.05, 0) is 119 Å². The molecule has 6 aromatic rings. The lowest BCUT2D eigenvalue weighted by Gasteiger charge is -2.34. The molecule has 62 heavy (non-hydrogen) atoms. The highest BCUT2D eigenvalue weighted by atomic mass is 19.4. The van der Waals surface area contributed by atoms with Crippen LogP contribution in [0.3, 0.4) is 0 Å². The summed E-state index contributed by atoms with van der Waals surface area (Å²) in [5.41, 5.74) is 5.61. The van der Waals surface area contributed by atoms with Crippen molar-refractivity contribution in [1.29, 1.82) is 0 Å². The van der Waals surface area contributed by atoms with Gasteiger partial charge in [-0.15, -0.1) is 0 Å². The smallest absolute Gasteiger partial charge is 0.402 e. The molecule has 2 aromatic heterocycles. The molecule has 1 unspecified atom stereocenters. The Labute approximate surface area is 352 Å². The van der Waals surface area contributed by atoms with E-state index in [1.165, 1.54) is 43.4 Å². The average Bonchev–Trinajstić information content (AvgIpc) is 3.16. The predicted octanol–water partition coefficient (Wildman–Crippen LogP) is 8.48. The number of anilines is 5. The van der Waals surface area contributed by atoms with E-state index in [0.717, 1.165) is 67.7 Å². The molecule has 330 valence electrons. The van der Waals surface area contributed by atoms with E-state index in [1.54, 1.807) is 13.8 Å². The van der Waals surface area contributed by atoms with E-state index in [1.807, 2.05) is 20.8 Å². The second kappa shape index (κ2) is 18.2. The molecule has 14 nitrogen and oxygen atoms in total. The van der Waals surface area contributed by atoms with Crippen molar-refractivity contribution >= 4 is 28.7 Å². The molecule has 2 heterocycles. The number of hydrogen-bond acceptors (Lipinski definition) is 14. The van der Waals surface area contributed by atoms with Crippen LogP contribution in [0.15, 0.2) is 72.8 Å². The van der Waals surface area contributed by atoms with Crippen molar-refractivity contribution in [3.8, 4) is 23.0 Å². The minimum absolute atomic E-state index is 0.0191. The number of aromatic nitrogens is 6. The van der Waals surface area contributed by atoms with Crippen LogP contribution in [0.5, 0.6) is 23.0 Å². The quantitative estimate of drug-likeness (QED) is 0.0427. The number of phenols is 4. The number of nitrogens with zero attached hydrogens (tertiary/aromatic N) is 6. The molecule has 0 spiro atoms. The van der Waals surface area contributed by atoms with Crippen LogP contribution in [0.25, 0.3) is 0 Å². The summed E-state index contributed by atoms with van der Waals surface area (Å²) in [4.78, 5) is 24.3. The first-order valence-corrected chi connectivity index (χ1v) is 18.5. The third-order valence-corrected chi connectivity index (χ3v) is 9.84. The van der Waals surface area contributed by atoms with E-state index in [9.17, 15) is 46.8 Å². The molecule has 0 aliphatic heterocycles. The van der Waals surface area contributed by atoms with Gasteiger partial charge in [0.1, 0.15) is 63.0 Å². The maximum atomic E-state index is 14.4. The monoisotopic (exact) mass is 868 g/mol. The van der Waals surface area contributed by atoms with Gasteiger partial charge in [0.15, 0.2) is 0 Å². The van der Waals surface area contributed by atoms with E-state index in [4.69, 9.17) is 11.5 Å². The van der Waals surface area contributed by atoms with E-state index in [0.29, 0.717) is 11.6 Å². The van der Waals surface area contributed by atoms with Crippen LogP contribution < -0.4 is 22.1 Å². The maximum absolute atomic E-state index is 14.4. The number of aryl methyl sites for hydroxylation is 5. The summed E-state index contributed by atoms with van der Waals surface area (Å²) in [6, 6.07) is 14.0. The second-order valence-electron chi connectivity index (χ2n) is 14.4. The SMILES string of the molecule is CC(c1ccc(O)c(N)c1)(c1ccc(O)c(N)c1)C(F)(F)F.CNc1cc(C(C)(c2ccc(O)c(Nc3nc(C)nc(C)n3)c2)C(F)(F)F)ccc1O.Cc1nc(C)nc(C)n1. The normalized spacial score (nSPS) is 12.5. The van der Waals surface area contributed by atoms with Gasteiger partial charge in [0, 0.05) is 7.05 Å². The Morgan fingerprint density at radius 2 is 0.742 bits per heavy atom. The zero-order valence-electron chi connectivity index (χ0n) is 34.8. The highest BCUT2D eigenvalue weighted by Crippen LogP contribution is 2.50. The van der Waals surface area contributed by atoms with Crippen molar-refractivity contribution in [3.63, 3.8) is 0 Å². The fourth-order valence-electron chi connectivity index (χ4n) is 6.28. The van der Waals surface area contributed by atoms with Crippen molar-refractivity contribution in [3.05, 3.63) is 124 Å². The fraction of sp³-hybridized carbons (Fsp3) is 0.286. The highest BCUT2D eigenvalue weighted by molar-refractivity contribution is 5.66. The van der Waals surface area contributed by atoms with Gasteiger partial charge < -0.3 is 42.5 Å². The van der Waals surface area contributed by atoms with Crippen molar-refractivity contribution in [2.45, 2.75) is 71.6 Å². The summed E-state index contributed by atoms with van der Waals surface area (Å²) in [6.07, 6.45) is -9.32. The molecule has 0 radical (unpaired) electrons. The van der Waals surface area contributed by atoms with E-state index in [2.05, 4.69) is 40.5 Å². The summed E-state index contributed by atoms with van der Waals surface area (Å²) in [6.45, 7) is 10.9. The Bertz CT molecular complexity index is 2430. The highest BCUT2D eigenvalue weighted by Gasteiger charge is 2.55. The molecule has 0 bridgehead atoms. The Kier molecular flexibility index (Phi) is 14.0. The predicted molar refractivity (Wildman–Crippen MR) is 222 cm³/mol. The molecule has 0 saturated carbocycles. The first-order chi connectivity index (χ1) is 28.7. The Hall–Kier alpha value is -7.12. The maximum Gasteiger partial charge on any atom is 0.402 e. The largest absolute Gasteiger partial charge is 0.506 e. The lowest BCUT2D eigenvalue weighted by molar-refractivity contribution is -0.173. The zero-order valence-corrected chi connectivity index (χ0v) is 34.8. The fourth-order valence-corrected chi connectivity index (χ4v) is 6.28. The topological polar surface area (TPSA) is 234 Å². The van der Waals surface area contributed by atoms with Crippen LogP contribution in [0, 0.1) is 34.6 Å². The molecule has 6 rings (SSSR count). The minimum atomic E-state index is -4.68. The third kappa shape index (κ3) is 10.4. The van der Waals surface area contributed by atoms with Crippen LogP contribution in [-0.2, 0) is 10.8 Å². The number of alkyl halides is 6. The molecule has 4 aromatic carbocycles. The number of aromatic hydroxyl groups is 4. The lowest BCUT2D eigenvalue weighted by atomic mass is 9.75. The van der Waals surface area contributed by atoms with Gasteiger partial charge in [-0.3, -0.25) is 0 Å². The van der Waals surface area contributed by atoms with Crippen LogP contribution >= 0.6 is 0 Å². The summed E-state index contributed by atoms with van der Waals surface area (Å²) in [5, 5.41) is 44.4. The number of nitrogens with one attached hydrogen (secondary N) is 2. The average molecular weight is 869 g/mol. The van der Waals surface area contributed by atoms with E-state index < -0.39 is 23.2 Å². The molecule has 0 amide bonds. The van der Waals surface area contributed by atoms with E-state index in [-0.39, 0.29) is 73.9 Å². The number of halogens is 6. The number of nitrogens with two attached hydrogens (primary N) is 2. The summed E-state index contributed by atoms with van der Waals surface area (Å²) in [5.74, 6) is 2.32. The number of phenolic OH excluding ortho intramolecular Hbond substituents is 4. The number of rotatable bonds is 7. The van der Waals surface area contributed by atoms with Gasteiger partial charge in [0.05, 0.1) is 22.7 Å². The molecule has 10 N–H and O–H groups in total. The zero-order chi connectivity index (χ0) is 46.5. The summed E-state index contributed by atoms with van der Waals surface area (Å²) in [7, 11) is 1.50. The standard InChI is InChI=1S/C21H22F3N5O2.C15H15F3N2O2.C6H9N3/c1-11-26-12(2)28-19(27-11)29-16-10-14(6-8-18(16)31)20(3,21(22,23)24)13-5-7-17(30)15(9-13)25-4;1-14(15(16,17)18,8-2-4-12(21)10(19)6-8)9-3-5-13(22)11(20)7-9;1-4-7-5(2)9-6(3)8-4/h5-10,25,30-31H,1-4H3,(H,26,27,28,29);2-7,21-22H,19-20H2,1H3;1-3H3. The van der Waals surface area contributed by atoms with Crippen LogP contribution in [0.2, 0.25) is 0 Å². The molecule has 0 aliphatic carbocycles. The van der Waals surface area contributed by atoms with Crippen molar-refractivity contribution < 1.29 is 46.8 Å². The van der Waals surface area contributed by atoms with Gasteiger partial charge in [-0.25, -0.2) is 19.9 Å². The number of hydrogen-bond donors (Lipinski definition) is 8. The van der Waals surface area contributed by atoms with Crippen molar-refractivity contribution in [2.24, 2.45) is 0 Å². The molecular weight excluding hydrogens is 823 g/mol.